The first-order valence-electron chi connectivity index (χ1n) is 5.54. The van der Waals surface area contributed by atoms with Gasteiger partial charge in [-0.2, -0.15) is 0 Å². The van der Waals surface area contributed by atoms with Crippen molar-refractivity contribution >= 4 is 50.7 Å². The van der Waals surface area contributed by atoms with Crippen LogP contribution < -0.4 is 5.32 Å². The number of carbonyl (C=O) groups excluding carboxylic acids is 1. The fourth-order valence-electron chi connectivity index (χ4n) is 1.59. The zero-order valence-corrected chi connectivity index (χ0v) is 12.9. The third-order valence-electron chi connectivity index (χ3n) is 2.51. The van der Waals surface area contributed by atoms with Gasteiger partial charge in [-0.05, 0) is 45.8 Å². The van der Waals surface area contributed by atoms with E-state index in [0.29, 0.717) is 15.7 Å². The van der Waals surface area contributed by atoms with E-state index in [2.05, 4.69) is 21.2 Å². The highest BCUT2D eigenvalue weighted by atomic mass is 79.9. The molecular weight excluding hydrogens is 349 g/mol. The molecule has 2 nitrogen and oxygen atoms in total. The minimum atomic E-state index is -0.133. The van der Waals surface area contributed by atoms with Crippen molar-refractivity contribution in [3.63, 3.8) is 0 Å². The molecule has 2 rings (SSSR count). The van der Waals surface area contributed by atoms with Crippen molar-refractivity contribution in [2.75, 3.05) is 5.32 Å². The number of rotatable bonds is 3. The molecule has 0 saturated carbocycles. The molecule has 98 valence electrons. The molecule has 0 aliphatic rings. The Kier molecular flexibility index (Phi) is 4.86. The molecule has 0 aliphatic heterocycles. The summed E-state index contributed by atoms with van der Waals surface area (Å²) in [6.07, 6.45) is 0.230. The van der Waals surface area contributed by atoms with E-state index in [4.69, 9.17) is 23.2 Å². The van der Waals surface area contributed by atoms with Crippen molar-refractivity contribution in [2.45, 2.75) is 6.42 Å². The number of halogens is 3. The van der Waals surface area contributed by atoms with Gasteiger partial charge in [-0.25, -0.2) is 0 Å². The highest BCUT2D eigenvalue weighted by molar-refractivity contribution is 9.10. The van der Waals surface area contributed by atoms with Crippen molar-refractivity contribution in [1.29, 1.82) is 0 Å². The van der Waals surface area contributed by atoms with Crippen molar-refractivity contribution in [3.05, 3.63) is 62.5 Å². The fourth-order valence-corrected chi connectivity index (χ4v) is 2.22. The predicted octanol–water partition coefficient (Wildman–Crippen LogP) is 4.94. The van der Waals surface area contributed by atoms with Crippen LogP contribution >= 0.6 is 39.1 Å². The van der Waals surface area contributed by atoms with Gasteiger partial charge in [0, 0.05) is 15.2 Å². The second-order valence-corrected chi connectivity index (χ2v) is 5.61. The van der Waals surface area contributed by atoms with Crippen molar-refractivity contribution in [1.82, 2.24) is 0 Å². The lowest BCUT2D eigenvalue weighted by atomic mass is 10.1. The number of nitrogens with one attached hydrogen (secondary N) is 1. The van der Waals surface area contributed by atoms with Crippen LogP contribution in [0.3, 0.4) is 0 Å². The van der Waals surface area contributed by atoms with E-state index in [0.717, 1.165) is 10.0 Å². The molecular formula is C14H10BrCl2NO. The van der Waals surface area contributed by atoms with Crippen molar-refractivity contribution in [3.8, 4) is 0 Å². The minimum Gasteiger partial charge on any atom is -0.326 e. The largest absolute Gasteiger partial charge is 0.326 e. The molecule has 0 spiro atoms. The molecule has 19 heavy (non-hydrogen) atoms. The third kappa shape index (κ3) is 3.96. The van der Waals surface area contributed by atoms with Gasteiger partial charge in [-0.15, -0.1) is 0 Å². The summed E-state index contributed by atoms with van der Waals surface area (Å²) in [6.45, 7) is 0. The van der Waals surface area contributed by atoms with Crippen LogP contribution in [0.15, 0.2) is 46.9 Å². The summed E-state index contributed by atoms with van der Waals surface area (Å²) in [5.74, 6) is -0.133. The highest BCUT2D eigenvalue weighted by Gasteiger charge is 2.07. The number of benzene rings is 2. The average molecular weight is 359 g/mol. The summed E-state index contributed by atoms with van der Waals surface area (Å²) in [4.78, 5) is 11.9. The van der Waals surface area contributed by atoms with Crippen LogP contribution in [0.5, 0.6) is 0 Å². The lowest BCUT2D eigenvalue weighted by Gasteiger charge is -2.07. The Hall–Kier alpha value is -1.03. The van der Waals surface area contributed by atoms with Gasteiger partial charge in [0.1, 0.15) is 0 Å². The molecule has 2 aromatic rings. The molecule has 0 radical (unpaired) electrons. The first-order valence-corrected chi connectivity index (χ1v) is 7.09. The second kappa shape index (κ2) is 6.42. The number of hydrogen-bond acceptors (Lipinski definition) is 1. The summed E-state index contributed by atoms with van der Waals surface area (Å²) in [5.41, 5.74) is 1.45. The zero-order valence-electron chi connectivity index (χ0n) is 9.79. The maximum Gasteiger partial charge on any atom is 0.228 e. The Morgan fingerprint density at radius 1 is 1.11 bits per heavy atom. The summed E-state index contributed by atoms with van der Waals surface area (Å²) in [6, 6.07) is 12.5. The number of anilines is 1. The molecule has 5 heteroatoms. The van der Waals surface area contributed by atoms with Gasteiger partial charge in [0.2, 0.25) is 5.91 Å². The van der Waals surface area contributed by atoms with Crippen LogP contribution in [0.1, 0.15) is 5.56 Å². The van der Waals surface area contributed by atoms with Gasteiger partial charge >= 0.3 is 0 Å². The van der Waals surface area contributed by atoms with E-state index < -0.39 is 0 Å². The van der Waals surface area contributed by atoms with Crippen LogP contribution in [0.25, 0.3) is 0 Å². The number of carbonyl (C=O) groups is 1. The molecule has 1 amide bonds. The minimum absolute atomic E-state index is 0.133. The number of amides is 1. The molecule has 0 aliphatic carbocycles. The number of hydrogen-bond donors (Lipinski definition) is 1. The standard InChI is InChI=1S/C14H10BrCl2NO/c15-11-6-5-10(8-13(11)17)18-14(19)7-9-3-1-2-4-12(9)16/h1-6,8H,7H2,(H,18,19). The van der Waals surface area contributed by atoms with Gasteiger partial charge in [0.05, 0.1) is 11.4 Å². The Bertz CT molecular complexity index is 616. The summed E-state index contributed by atoms with van der Waals surface area (Å²) in [7, 11) is 0. The van der Waals surface area contributed by atoms with Crippen LogP contribution in [0.4, 0.5) is 5.69 Å². The lowest BCUT2D eigenvalue weighted by molar-refractivity contribution is -0.115. The molecule has 0 saturated heterocycles. The van der Waals surface area contributed by atoms with Crippen LogP contribution in [0.2, 0.25) is 10.0 Å². The third-order valence-corrected chi connectivity index (χ3v) is 4.11. The predicted molar refractivity (Wildman–Crippen MR) is 82.9 cm³/mol. The molecule has 1 N–H and O–H groups in total. The maximum atomic E-state index is 11.9. The van der Waals surface area contributed by atoms with E-state index in [1.807, 2.05) is 18.2 Å². The zero-order chi connectivity index (χ0) is 13.8. The first kappa shape index (κ1) is 14.4. The highest BCUT2D eigenvalue weighted by Crippen LogP contribution is 2.25. The van der Waals surface area contributed by atoms with Crippen LogP contribution in [0, 0.1) is 0 Å². The van der Waals surface area contributed by atoms with Crippen molar-refractivity contribution < 1.29 is 4.79 Å². The monoisotopic (exact) mass is 357 g/mol. The molecule has 0 unspecified atom stereocenters. The fraction of sp³-hybridized carbons (Fsp3) is 0.0714. The Balaban J connectivity index is 2.05. The molecule has 2 aromatic carbocycles. The second-order valence-electron chi connectivity index (χ2n) is 3.95. The summed E-state index contributed by atoms with van der Waals surface area (Å²) < 4.78 is 0.790. The van der Waals surface area contributed by atoms with E-state index in [1.54, 1.807) is 24.3 Å². The molecule has 0 bridgehead atoms. The Morgan fingerprint density at radius 3 is 2.53 bits per heavy atom. The van der Waals surface area contributed by atoms with Gasteiger partial charge in [-0.3, -0.25) is 4.79 Å². The summed E-state index contributed by atoms with van der Waals surface area (Å²) in [5, 5.41) is 3.92. The van der Waals surface area contributed by atoms with Crippen LogP contribution in [-0.2, 0) is 11.2 Å². The van der Waals surface area contributed by atoms with E-state index in [1.165, 1.54) is 0 Å². The smallest absolute Gasteiger partial charge is 0.228 e. The first-order chi connectivity index (χ1) is 9.06. The SMILES string of the molecule is O=C(Cc1ccccc1Cl)Nc1ccc(Br)c(Cl)c1. The topological polar surface area (TPSA) is 29.1 Å². The van der Waals surface area contributed by atoms with Gasteiger partial charge < -0.3 is 5.32 Å². The van der Waals surface area contributed by atoms with E-state index in [9.17, 15) is 4.79 Å². The Morgan fingerprint density at radius 2 is 1.84 bits per heavy atom. The molecule has 0 fully saturated rings. The van der Waals surface area contributed by atoms with Crippen LogP contribution in [-0.4, -0.2) is 5.91 Å². The quantitative estimate of drug-likeness (QED) is 0.827. The van der Waals surface area contributed by atoms with Gasteiger partial charge in [0.15, 0.2) is 0 Å². The van der Waals surface area contributed by atoms with E-state index in [-0.39, 0.29) is 12.3 Å². The molecule has 0 atom stereocenters. The normalized spacial score (nSPS) is 10.3. The lowest BCUT2D eigenvalue weighted by Crippen LogP contribution is -2.14. The average Bonchev–Trinajstić information content (AvgIpc) is 2.37. The van der Waals surface area contributed by atoms with Gasteiger partial charge in [-0.1, -0.05) is 41.4 Å². The summed E-state index contributed by atoms with van der Waals surface area (Å²) >= 11 is 15.3. The maximum absolute atomic E-state index is 11.9. The Labute approximate surface area is 129 Å². The molecule has 0 heterocycles. The van der Waals surface area contributed by atoms with Crippen molar-refractivity contribution in [2.24, 2.45) is 0 Å². The molecule has 0 aromatic heterocycles. The van der Waals surface area contributed by atoms with E-state index >= 15 is 0 Å². The van der Waals surface area contributed by atoms with Gasteiger partial charge in [0.25, 0.3) is 0 Å².